The van der Waals surface area contributed by atoms with E-state index in [2.05, 4.69) is 5.32 Å². The lowest BCUT2D eigenvalue weighted by Gasteiger charge is -2.10. The molecular formula is C19H18F3NO4S. The molecule has 1 amide bonds. The number of carbonyl (C=O) groups excluding carboxylic acids is 2. The maximum atomic E-state index is 12.3. The number of amides is 1. The van der Waals surface area contributed by atoms with E-state index in [4.69, 9.17) is 9.47 Å². The predicted octanol–water partition coefficient (Wildman–Crippen LogP) is 3.82. The van der Waals surface area contributed by atoms with Crippen LogP contribution in [0, 0.1) is 0 Å². The Morgan fingerprint density at radius 1 is 1.07 bits per heavy atom. The lowest BCUT2D eigenvalue weighted by atomic mass is 10.1. The maximum Gasteiger partial charge on any atom is 0.446 e. The van der Waals surface area contributed by atoms with Crippen molar-refractivity contribution in [1.82, 2.24) is 5.32 Å². The summed E-state index contributed by atoms with van der Waals surface area (Å²) in [5.41, 5.74) is -3.41. The molecule has 1 N–H and O–H groups in total. The van der Waals surface area contributed by atoms with Gasteiger partial charge in [0, 0.05) is 11.4 Å². The van der Waals surface area contributed by atoms with E-state index >= 15 is 0 Å². The summed E-state index contributed by atoms with van der Waals surface area (Å²) >= 11 is -0.276. The van der Waals surface area contributed by atoms with E-state index in [0.29, 0.717) is 13.0 Å². The molecule has 0 aliphatic rings. The third kappa shape index (κ3) is 7.15. The molecule has 28 heavy (non-hydrogen) atoms. The summed E-state index contributed by atoms with van der Waals surface area (Å²) in [7, 11) is 1.56. The van der Waals surface area contributed by atoms with Crippen molar-refractivity contribution in [3.8, 4) is 5.75 Å². The van der Waals surface area contributed by atoms with Gasteiger partial charge in [-0.25, -0.2) is 4.79 Å². The van der Waals surface area contributed by atoms with Gasteiger partial charge in [0.25, 0.3) is 5.91 Å². The zero-order valence-electron chi connectivity index (χ0n) is 14.9. The number of alkyl halides is 3. The number of hydrogen-bond donors (Lipinski definition) is 1. The smallest absolute Gasteiger partial charge is 0.446 e. The Bertz CT molecular complexity index is 810. The second kappa shape index (κ2) is 10.0. The molecule has 5 nitrogen and oxygen atoms in total. The molecule has 0 heterocycles. The maximum absolute atomic E-state index is 12.3. The Labute approximate surface area is 164 Å². The molecule has 9 heteroatoms. The lowest BCUT2D eigenvalue weighted by molar-refractivity contribution is -0.124. The highest BCUT2D eigenvalue weighted by Gasteiger charge is 2.29. The first-order valence-electron chi connectivity index (χ1n) is 8.20. The summed E-state index contributed by atoms with van der Waals surface area (Å²) in [6, 6.07) is 12.2. The Hall–Kier alpha value is -2.68. The number of carbonyl (C=O) groups is 2. The summed E-state index contributed by atoms with van der Waals surface area (Å²) in [4.78, 5) is 23.6. The highest BCUT2D eigenvalue weighted by atomic mass is 32.2. The van der Waals surface area contributed by atoms with Crippen LogP contribution in [-0.2, 0) is 16.0 Å². The predicted molar refractivity (Wildman–Crippen MR) is 98.3 cm³/mol. The molecule has 0 atom stereocenters. The number of hydrogen-bond acceptors (Lipinski definition) is 5. The molecule has 2 aromatic rings. The molecule has 150 valence electrons. The Morgan fingerprint density at radius 3 is 2.39 bits per heavy atom. The van der Waals surface area contributed by atoms with E-state index in [1.165, 1.54) is 24.3 Å². The second-order valence-electron chi connectivity index (χ2n) is 5.56. The van der Waals surface area contributed by atoms with Crippen LogP contribution < -0.4 is 10.1 Å². The van der Waals surface area contributed by atoms with Crippen LogP contribution in [0.5, 0.6) is 5.75 Å². The first-order chi connectivity index (χ1) is 13.3. The van der Waals surface area contributed by atoms with Gasteiger partial charge in [0.15, 0.2) is 6.61 Å². The van der Waals surface area contributed by atoms with Gasteiger partial charge in [0.2, 0.25) is 0 Å². The van der Waals surface area contributed by atoms with Crippen molar-refractivity contribution < 1.29 is 32.2 Å². The zero-order chi connectivity index (χ0) is 20.6. The van der Waals surface area contributed by atoms with Gasteiger partial charge in [-0.3, -0.25) is 4.79 Å². The monoisotopic (exact) mass is 413 g/mol. The average Bonchev–Trinajstić information content (AvgIpc) is 2.66. The van der Waals surface area contributed by atoms with Crippen LogP contribution in [0.4, 0.5) is 13.2 Å². The zero-order valence-corrected chi connectivity index (χ0v) is 15.7. The SMILES string of the molecule is COc1ccccc1CCNC(=O)COC(=O)c1ccc(SC(F)(F)F)cc1. The number of ether oxygens (including phenoxy) is 2. The first-order valence-corrected chi connectivity index (χ1v) is 9.01. The van der Waals surface area contributed by atoms with Crippen molar-refractivity contribution in [2.75, 3.05) is 20.3 Å². The minimum absolute atomic E-state index is 0.0434. The molecular weight excluding hydrogens is 395 g/mol. The summed E-state index contributed by atoms with van der Waals surface area (Å²) < 4.78 is 46.9. The van der Waals surface area contributed by atoms with E-state index in [0.717, 1.165) is 11.3 Å². The van der Waals surface area contributed by atoms with Crippen LogP contribution in [-0.4, -0.2) is 37.6 Å². The van der Waals surface area contributed by atoms with Crippen LogP contribution in [0.3, 0.4) is 0 Å². The lowest BCUT2D eigenvalue weighted by Crippen LogP contribution is -2.30. The fraction of sp³-hybridized carbons (Fsp3) is 0.263. The number of halogens is 3. The summed E-state index contributed by atoms with van der Waals surface area (Å²) in [5.74, 6) is -0.550. The van der Waals surface area contributed by atoms with E-state index in [1.54, 1.807) is 7.11 Å². The fourth-order valence-electron chi connectivity index (χ4n) is 2.30. The third-order valence-electron chi connectivity index (χ3n) is 3.57. The summed E-state index contributed by atoms with van der Waals surface area (Å²) in [6.45, 7) is -0.149. The molecule has 0 fully saturated rings. The van der Waals surface area contributed by atoms with Crippen molar-refractivity contribution in [2.24, 2.45) is 0 Å². The van der Waals surface area contributed by atoms with Gasteiger partial charge in [-0.1, -0.05) is 18.2 Å². The molecule has 0 aliphatic heterocycles. The van der Waals surface area contributed by atoms with Crippen molar-refractivity contribution in [3.05, 3.63) is 59.7 Å². The Kier molecular flexibility index (Phi) is 7.74. The minimum Gasteiger partial charge on any atom is -0.496 e. The number of thioether (sulfide) groups is 1. The number of nitrogens with one attached hydrogen (secondary N) is 1. The quantitative estimate of drug-likeness (QED) is 0.527. The Balaban J connectivity index is 1.75. The van der Waals surface area contributed by atoms with Crippen LogP contribution in [0.2, 0.25) is 0 Å². The second-order valence-corrected chi connectivity index (χ2v) is 6.70. The van der Waals surface area contributed by atoms with Gasteiger partial charge < -0.3 is 14.8 Å². The van der Waals surface area contributed by atoms with Gasteiger partial charge in [-0.05, 0) is 54.1 Å². The molecule has 0 aromatic heterocycles. The van der Waals surface area contributed by atoms with Crippen molar-refractivity contribution in [2.45, 2.75) is 16.8 Å². The van der Waals surface area contributed by atoms with Gasteiger partial charge in [-0.15, -0.1) is 0 Å². The number of benzene rings is 2. The topological polar surface area (TPSA) is 64.6 Å². The molecule has 2 rings (SSSR count). The van der Waals surface area contributed by atoms with Crippen LogP contribution in [0.15, 0.2) is 53.4 Å². The van der Waals surface area contributed by atoms with E-state index in [9.17, 15) is 22.8 Å². The first kappa shape index (κ1) is 21.6. The molecule has 0 spiro atoms. The highest BCUT2D eigenvalue weighted by Crippen LogP contribution is 2.36. The number of rotatable bonds is 8. The van der Waals surface area contributed by atoms with Crippen molar-refractivity contribution in [3.63, 3.8) is 0 Å². The summed E-state index contributed by atoms with van der Waals surface area (Å²) in [5, 5.41) is 2.62. The van der Waals surface area contributed by atoms with E-state index < -0.39 is 24.0 Å². The molecule has 0 unspecified atom stereocenters. The average molecular weight is 413 g/mol. The summed E-state index contributed by atoms with van der Waals surface area (Å²) in [6.07, 6.45) is 0.544. The van der Waals surface area contributed by atoms with Gasteiger partial charge in [0.05, 0.1) is 12.7 Å². The highest BCUT2D eigenvalue weighted by molar-refractivity contribution is 8.00. The van der Waals surface area contributed by atoms with Crippen LogP contribution in [0.25, 0.3) is 0 Å². The van der Waals surface area contributed by atoms with Gasteiger partial charge in [0.1, 0.15) is 5.75 Å². The fourth-order valence-corrected chi connectivity index (χ4v) is 2.84. The van der Waals surface area contributed by atoms with Gasteiger partial charge >= 0.3 is 11.5 Å². The molecule has 0 saturated heterocycles. The molecule has 0 aliphatic carbocycles. The van der Waals surface area contributed by atoms with Crippen molar-refractivity contribution in [1.29, 1.82) is 0 Å². The van der Waals surface area contributed by atoms with Crippen LogP contribution in [0.1, 0.15) is 15.9 Å². The number of methoxy groups -OCH3 is 1. The van der Waals surface area contributed by atoms with E-state index in [-0.39, 0.29) is 22.2 Å². The molecule has 0 radical (unpaired) electrons. The standard InChI is InChI=1S/C19H18F3NO4S/c1-26-16-5-3-2-4-13(16)10-11-23-17(24)12-27-18(25)14-6-8-15(9-7-14)28-19(20,21)22/h2-9H,10-12H2,1H3,(H,23,24). The van der Waals surface area contributed by atoms with Crippen LogP contribution >= 0.6 is 11.8 Å². The normalized spacial score (nSPS) is 11.0. The Morgan fingerprint density at radius 2 is 1.75 bits per heavy atom. The third-order valence-corrected chi connectivity index (χ3v) is 4.31. The van der Waals surface area contributed by atoms with Gasteiger partial charge in [-0.2, -0.15) is 13.2 Å². The molecule has 0 saturated carbocycles. The molecule has 0 bridgehead atoms. The number of esters is 1. The minimum atomic E-state index is -4.40. The van der Waals surface area contributed by atoms with E-state index in [1.807, 2.05) is 24.3 Å². The molecule has 2 aromatic carbocycles. The largest absolute Gasteiger partial charge is 0.496 e. The number of para-hydroxylation sites is 1. The van der Waals surface area contributed by atoms with Crippen molar-refractivity contribution >= 4 is 23.6 Å².